The number of rotatable bonds is 8. The molecule has 0 radical (unpaired) electrons. The number of aliphatic hydroxyl groups is 1. The number of nitrogens with one attached hydrogen (secondary N) is 1. The Morgan fingerprint density at radius 3 is 2.60 bits per heavy atom. The van der Waals surface area contributed by atoms with Crippen LogP contribution in [0.2, 0.25) is 0 Å². The number of pyridine rings is 1. The third-order valence-electron chi connectivity index (χ3n) is 7.05. The highest BCUT2D eigenvalue weighted by atomic mass is 32.2. The Hall–Kier alpha value is -2.73. The highest BCUT2D eigenvalue weighted by molar-refractivity contribution is 7.92. The minimum absolute atomic E-state index is 0.0543. The lowest BCUT2D eigenvalue weighted by molar-refractivity contribution is -0.0177. The van der Waals surface area contributed by atoms with Crippen LogP contribution in [-0.4, -0.2) is 92.1 Å². The number of amides is 1. The van der Waals surface area contributed by atoms with Gasteiger partial charge in [-0.25, -0.2) is 8.42 Å². The lowest BCUT2D eigenvalue weighted by Gasteiger charge is -2.36. The van der Waals surface area contributed by atoms with E-state index >= 15 is 0 Å². The molecule has 3 rings (SSSR count). The minimum Gasteiger partial charge on any atom is -0.490 e. The lowest BCUT2D eigenvalue weighted by atomic mass is 10.0. The lowest BCUT2D eigenvalue weighted by Crippen LogP contribution is -2.47. The van der Waals surface area contributed by atoms with Crippen LogP contribution in [0.4, 0.5) is 5.69 Å². The largest absolute Gasteiger partial charge is 0.490 e. The van der Waals surface area contributed by atoms with E-state index in [1.165, 1.54) is 6.07 Å². The Kier molecular flexibility index (Phi) is 11.7. The predicted molar refractivity (Wildman–Crippen MR) is 156 cm³/mol. The summed E-state index contributed by atoms with van der Waals surface area (Å²) in [5, 5.41) is 10.1. The number of likely N-dealkylation sites (N-methyl/N-ethyl adjacent to an activating group) is 1. The molecule has 1 aromatic heterocycles. The number of fused-ring (bicyclic) bond motifs is 1. The number of anilines is 1. The number of ether oxygens (including phenoxy) is 2. The third-order valence-corrected chi connectivity index (χ3v) is 7.65. The Balaban J connectivity index is 1.92. The van der Waals surface area contributed by atoms with Gasteiger partial charge >= 0.3 is 0 Å². The van der Waals surface area contributed by atoms with Crippen LogP contribution in [0.15, 0.2) is 42.7 Å². The van der Waals surface area contributed by atoms with E-state index in [0.717, 1.165) is 37.6 Å². The number of benzene rings is 1. The Morgan fingerprint density at radius 1 is 1.20 bits per heavy atom. The van der Waals surface area contributed by atoms with Gasteiger partial charge in [0, 0.05) is 50.2 Å². The van der Waals surface area contributed by atoms with Gasteiger partial charge in [-0.1, -0.05) is 6.92 Å². The molecule has 0 unspecified atom stereocenters. The molecule has 40 heavy (non-hydrogen) atoms. The Bertz CT molecular complexity index is 1200. The van der Waals surface area contributed by atoms with Crippen LogP contribution in [0.5, 0.6) is 5.75 Å². The van der Waals surface area contributed by atoms with E-state index in [-0.39, 0.29) is 41.9 Å². The molecule has 0 saturated heterocycles. The number of sulfonamides is 1. The molecular weight excluding hydrogens is 532 g/mol. The highest BCUT2D eigenvalue weighted by Gasteiger charge is 2.30. The van der Waals surface area contributed by atoms with Crippen LogP contribution in [0.3, 0.4) is 0 Å². The maximum Gasteiger partial charge on any atom is 0.258 e. The van der Waals surface area contributed by atoms with Crippen molar-refractivity contribution in [2.75, 3.05) is 44.3 Å². The molecule has 0 saturated carbocycles. The summed E-state index contributed by atoms with van der Waals surface area (Å²) in [7, 11) is -1.50. The first kappa shape index (κ1) is 31.8. The second-order valence-electron chi connectivity index (χ2n) is 10.9. The molecule has 10 nitrogen and oxygen atoms in total. The van der Waals surface area contributed by atoms with E-state index in [2.05, 4.69) is 21.5 Å². The number of aliphatic hydroxyl groups excluding tert-OH is 1. The van der Waals surface area contributed by atoms with Gasteiger partial charge in [-0.3, -0.25) is 19.4 Å². The van der Waals surface area contributed by atoms with Crippen LogP contribution in [0.25, 0.3) is 0 Å². The molecule has 4 atom stereocenters. The number of carbonyl (C=O) groups excluding carboxylic acids is 1. The van der Waals surface area contributed by atoms with Crippen LogP contribution >= 0.6 is 0 Å². The molecule has 0 spiro atoms. The monoisotopic (exact) mass is 576 g/mol. The fourth-order valence-electron chi connectivity index (χ4n) is 4.83. The molecule has 0 bridgehead atoms. The molecule has 222 valence electrons. The molecule has 1 aliphatic heterocycles. The summed E-state index contributed by atoms with van der Waals surface area (Å²) in [4.78, 5) is 22.0. The first-order chi connectivity index (χ1) is 19.0. The third kappa shape index (κ3) is 9.72. The van der Waals surface area contributed by atoms with Crippen molar-refractivity contribution in [1.82, 2.24) is 14.8 Å². The van der Waals surface area contributed by atoms with Gasteiger partial charge in [0.1, 0.15) is 5.75 Å². The van der Waals surface area contributed by atoms with E-state index in [9.17, 15) is 18.3 Å². The van der Waals surface area contributed by atoms with Crippen molar-refractivity contribution in [2.45, 2.75) is 64.8 Å². The zero-order valence-corrected chi connectivity index (χ0v) is 25.1. The van der Waals surface area contributed by atoms with Gasteiger partial charge in [0.15, 0.2) is 0 Å². The summed E-state index contributed by atoms with van der Waals surface area (Å²) >= 11 is 0. The van der Waals surface area contributed by atoms with Gasteiger partial charge in [0.2, 0.25) is 10.0 Å². The molecule has 1 aliphatic rings. The summed E-state index contributed by atoms with van der Waals surface area (Å²) in [6.45, 7) is 7.93. The standard InChI is InChI=1S/C29H44N4O6S/c1-21-17-33(22(2)20-34)29(35)26-16-25(31-40(5,36)37)9-10-27(26)39-23(3)8-6-7-15-38-28(21)19-32(4)18-24-11-13-30-14-12-24/h9-14,16,21-23,28,31,34H,6-8,15,17-20H2,1-5H3/t21-,22-,23+,28-/m0/s1. The molecule has 2 heterocycles. The first-order valence-corrected chi connectivity index (χ1v) is 15.7. The molecule has 11 heteroatoms. The fraction of sp³-hybridized carbons (Fsp3) is 0.586. The highest BCUT2D eigenvalue weighted by Crippen LogP contribution is 2.29. The molecule has 0 fully saturated rings. The minimum atomic E-state index is -3.55. The molecular formula is C29H44N4O6S. The van der Waals surface area contributed by atoms with Crippen molar-refractivity contribution < 1.29 is 27.8 Å². The van der Waals surface area contributed by atoms with Crippen LogP contribution in [-0.2, 0) is 21.3 Å². The molecule has 2 aromatic rings. The molecule has 1 amide bonds. The van der Waals surface area contributed by atoms with Gasteiger partial charge in [0.25, 0.3) is 5.91 Å². The van der Waals surface area contributed by atoms with E-state index < -0.39 is 16.1 Å². The summed E-state index contributed by atoms with van der Waals surface area (Å²) in [5.74, 6) is -0.00334. The second-order valence-corrected chi connectivity index (χ2v) is 12.7. The molecule has 2 N–H and O–H groups in total. The molecule has 1 aromatic carbocycles. The zero-order valence-electron chi connectivity index (χ0n) is 24.2. The quantitative estimate of drug-likeness (QED) is 0.491. The van der Waals surface area contributed by atoms with Gasteiger partial charge < -0.3 is 19.5 Å². The molecule has 0 aliphatic carbocycles. The fourth-order valence-corrected chi connectivity index (χ4v) is 5.39. The Labute approximate surface area is 238 Å². The van der Waals surface area contributed by atoms with Crippen LogP contribution < -0.4 is 9.46 Å². The first-order valence-electron chi connectivity index (χ1n) is 13.9. The maximum atomic E-state index is 14.0. The van der Waals surface area contributed by atoms with Crippen molar-refractivity contribution in [3.8, 4) is 5.75 Å². The van der Waals surface area contributed by atoms with E-state index in [1.54, 1.807) is 36.4 Å². The second kappa shape index (κ2) is 14.8. The average Bonchev–Trinajstić information content (AvgIpc) is 2.90. The van der Waals surface area contributed by atoms with Crippen molar-refractivity contribution in [2.24, 2.45) is 5.92 Å². The normalized spacial score (nSPS) is 22.2. The number of nitrogens with zero attached hydrogens (tertiary/aromatic N) is 3. The van der Waals surface area contributed by atoms with Crippen LogP contribution in [0.1, 0.15) is 56.0 Å². The summed E-state index contributed by atoms with van der Waals surface area (Å²) in [6.07, 6.45) is 6.87. The van der Waals surface area contributed by atoms with Gasteiger partial charge in [-0.05, 0) is 76.1 Å². The topological polar surface area (TPSA) is 121 Å². The summed E-state index contributed by atoms with van der Waals surface area (Å²) in [6, 6.07) is 8.24. The van der Waals surface area contributed by atoms with Gasteiger partial charge in [0.05, 0.1) is 36.7 Å². The average molecular weight is 577 g/mol. The number of carbonyl (C=O) groups is 1. The Morgan fingerprint density at radius 2 is 1.93 bits per heavy atom. The number of aromatic nitrogens is 1. The van der Waals surface area contributed by atoms with Gasteiger partial charge in [-0.15, -0.1) is 0 Å². The SMILES string of the molecule is C[C@@H]1CCCCO[C@@H](CN(C)Cc2ccncc2)[C@@H](C)CN([C@@H](C)CO)C(=O)c2cc(NS(C)(=O)=O)ccc2O1. The number of hydrogen-bond acceptors (Lipinski definition) is 8. The van der Waals surface area contributed by atoms with Crippen molar-refractivity contribution in [3.05, 3.63) is 53.9 Å². The predicted octanol–water partition coefficient (Wildman–Crippen LogP) is 3.38. The van der Waals surface area contributed by atoms with Crippen molar-refractivity contribution in [3.63, 3.8) is 0 Å². The van der Waals surface area contributed by atoms with Crippen molar-refractivity contribution >= 4 is 21.6 Å². The van der Waals surface area contributed by atoms with Crippen molar-refractivity contribution in [1.29, 1.82) is 0 Å². The van der Waals surface area contributed by atoms with Crippen LogP contribution in [0, 0.1) is 5.92 Å². The number of hydrogen-bond donors (Lipinski definition) is 2. The smallest absolute Gasteiger partial charge is 0.258 e. The van der Waals surface area contributed by atoms with Gasteiger partial charge in [-0.2, -0.15) is 0 Å². The zero-order chi connectivity index (χ0) is 29.3. The van der Waals surface area contributed by atoms with E-state index in [0.29, 0.717) is 25.4 Å². The summed E-state index contributed by atoms with van der Waals surface area (Å²) < 4.78 is 38.8. The van der Waals surface area contributed by atoms with E-state index in [1.807, 2.05) is 26.1 Å². The maximum absolute atomic E-state index is 14.0. The summed E-state index contributed by atoms with van der Waals surface area (Å²) in [5.41, 5.74) is 1.67. The van der Waals surface area contributed by atoms with E-state index in [4.69, 9.17) is 9.47 Å².